The number of aromatic nitrogens is 1. The molecule has 1 aliphatic rings. The van der Waals surface area contributed by atoms with Crippen molar-refractivity contribution < 1.29 is 0 Å². The summed E-state index contributed by atoms with van der Waals surface area (Å²) in [4.78, 5) is 5.32. The Kier molecular flexibility index (Phi) is 4.56. The molecule has 2 rings (SSSR count). The predicted octanol–water partition coefficient (Wildman–Crippen LogP) is 1.96. The summed E-state index contributed by atoms with van der Waals surface area (Å²) in [6.07, 6.45) is 4.99. The zero-order valence-electron chi connectivity index (χ0n) is 7.27. The second-order valence-corrected chi connectivity index (χ2v) is 4.29. The molecule has 1 saturated heterocycles. The van der Waals surface area contributed by atoms with Gasteiger partial charge in [0.05, 0.1) is 0 Å². The fourth-order valence-corrected chi connectivity index (χ4v) is 2.44. The smallest absolute Gasteiger partial charge is 0.0278 e. The van der Waals surface area contributed by atoms with Gasteiger partial charge in [-0.05, 0) is 25.1 Å². The van der Waals surface area contributed by atoms with Gasteiger partial charge in [0, 0.05) is 29.1 Å². The molecule has 13 heavy (non-hydrogen) atoms. The third-order valence-corrected chi connectivity index (χ3v) is 3.25. The molecule has 0 unspecified atom stereocenters. The highest BCUT2D eigenvalue weighted by Gasteiger charge is 2.14. The molecule has 0 aromatic carbocycles. The lowest BCUT2D eigenvalue weighted by molar-refractivity contribution is 0.858. The number of halogens is 1. The van der Waals surface area contributed by atoms with Crippen LogP contribution in [0.5, 0.6) is 0 Å². The number of nitrogens with zero attached hydrogens (tertiary/aromatic N) is 1. The molecule has 1 fully saturated rings. The molecule has 0 radical (unpaired) electrons. The lowest BCUT2D eigenvalue weighted by atomic mass is 10.4. The zero-order chi connectivity index (χ0) is 8.23. The van der Waals surface area contributed by atoms with E-state index in [0.29, 0.717) is 0 Å². The molecule has 0 amide bonds. The third kappa shape index (κ3) is 3.18. The lowest BCUT2D eigenvalue weighted by Gasteiger charge is -2.06. The van der Waals surface area contributed by atoms with Crippen molar-refractivity contribution in [3.63, 3.8) is 0 Å². The van der Waals surface area contributed by atoms with Gasteiger partial charge in [-0.2, -0.15) is 0 Å². The maximum absolute atomic E-state index is 3.99. The Bertz CT molecular complexity index is 237. The van der Waals surface area contributed by atoms with Gasteiger partial charge in [0.15, 0.2) is 0 Å². The highest BCUT2D eigenvalue weighted by molar-refractivity contribution is 8.00. The van der Waals surface area contributed by atoms with E-state index in [4.69, 9.17) is 0 Å². The number of thioether (sulfide) groups is 1. The van der Waals surface area contributed by atoms with Gasteiger partial charge in [0.1, 0.15) is 0 Å². The quantitative estimate of drug-likeness (QED) is 0.818. The van der Waals surface area contributed by atoms with Crippen molar-refractivity contribution in [3.8, 4) is 0 Å². The second-order valence-electron chi connectivity index (χ2n) is 2.92. The fraction of sp³-hybridized carbons (Fsp3) is 0.444. The average molecular weight is 217 g/mol. The maximum Gasteiger partial charge on any atom is 0.0278 e. The van der Waals surface area contributed by atoms with Gasteiger partial charge >= 0.3 is 0 Å². The third-order valence-electron chi connectivity index (χ3n) is 1.97. The van der Waals surface area contributed by atoms with Crippen LogP contribution in [-0.2, 0) is 0 Å². The summed E-state index contributed by atoms with van der Waals surface area (Å²) < 4.78 is 0. The summed E-state index contributed by atoms with van der Waals surface area (Å²) in [6, 6.07) is 4.14. The van der Waals surface area contributed by atoms with E-state index in [0.717, 1.165) is 11.8 Å². The molecule has 0 spiro atoms. The largest absolute Gasteiger partial charge is 0.316 e. The summed E-state index contributed by atoms with van der Waals surface area (Å²) in [7, 11) is 0. The monoisotopic (exact) mass is 216 g/mol. The molecule has 1 aliphatic heterocycles. The van der Waals surface area contributed by atoms with E-state index in [2.05, 4.69) is 22.4 Å². The predicted molar refractivity (Wildman–Crippen MR) is 58.6 cm³/mol. The lowest BCUT2D eigenvalue weighted by Crippen LogP contribution is -2.09. The molecule has 2 heterocycles. The Morgan fingerprint density at radius 1 is 1.38 bits per heavy atom. The normalized spacial score (nSPS) is 21.1. The van der Waals surface area contributed by atoms with Gasteiger partial charge in [-0.1, -0.05) is 0 Å². The van der Waals surface area contributed by atoms with Crippen LogP contribution in [0.1, 0.15) is 6.42 Å². The van der Waals surface area contributed by atoms with E-state index < -0.39 is 0 Å². The van der Waals surface area contributed by atoms with Gasteiger partial charge in [-0.15, -0.1) is 24.2 Å². The molecule has 4 heteroatoms. The minimum absolute atomic E-state index is 0. The summed E-state index contributed by atoms with van der Waals surface area (Å²) >= 11 is 1.95. The molecule has 1 N–H and O–H groups in total. The summed E-state index contributed by atoms with van der Waals surface area (Å²) in [5.74, 6) is 0. The number of hydrogen-bond donors (Lipinski definition) is 1. The van der Waals surface area contributed by atoms with Crippen LogP contribution in [0.3, 0.4) is 0 Å². The highest BCUT2D eigenvalue weighted by Crippen LogP contribution is 2.25. The van der Waals surface area contributed by atoms with Gasteiger partial charge in [-0.3, -0.25) is 4.98 Å². The molecule has 0 saturated carbocycles. The van der Waals surface area contributed by atoms with Crippen LogP contribution in [0.15, 0.2) is 29.4 Å². The van der Waals surface area contributed by atoms with Crippen LogP contribution in [0.2, 0.25) is 0 Å². The molecular weight excluding hydrogens is 204 g/mol. The maximum atomic E-state index is 3.99. The fourth-order valence-electron chi connectivity index (χ4n) is 1.34. The number of rotatable bonds is 2. The molecule has 0 aliphatic carbocycles. The number of pyridine rings is 1. The minimum atomic E-state index is 0. The van der Waals surface area contributed by atoms with Gasteiger partial charge in [-0.25, -0.2) is 0 Å². The molecule has 72 valence electrons. The molecule has 0 bridgehead atoms. The summed E-state index contributed by atoms with van der Waals surface area (Å²) in [5.41, 5.74) is 0. The first-order valence-corrected chi connectivity index (χ1v) is 5.10. The van der Waals surface area contributed by atoms with Crippen molar-refractivity contribution in [2.45, 2.75) is 16.6 Å². The van der Waals surface area contributed by atoms with Gasteiger partial charge in [0.25, 0.3) is 0 Å². The number of hydrogen-bond acceptors (Lipinski definition) is 3. The van der Waals surface area contributed by atoms with Crippen LogP contribution < -0.4 is 5.32 Å². The van der Waals surface area contributed by atoms with E-state index in [9.17, 15) is 0 Å². The van der Waals surface area contributed by atoms with Crippen molar-refractivity contribution in [1.82, 2.24) is 10.3 Å². The molecule has 1 atom stereocenters. The standard InChI is InChI=1S/C9H12N2S.ClH/c1-4-10-5-2-8(1)12-9-3-6-11-7-9;/h1-2,4-5,9,11H,3,6-7H2;1H/t9-;/m0./s1. The Balaban J connectivity index is 0.000000845. The van der Waals surface area contributed by atoms with Crippen molar-refractivity contribution in [3.05, 3.63) is 24.5 Å². The summed E-state index contributed by atoms with van der Waals surface area (Å²) in [5, 5.41) is 4.11. The van der Waals surface area contributed by atoms with Crippen molar-refractivity contribution >= 4 is 24.2 Å². The molecule has 1 aromatic heterocycles. The van der Waals surface area contributed by atoms with Crippen molar-refractivity contribution in [1.29, 1.82) is 0 Å². The molecule has 2 nitrogen and oxygen atoms in total. The Labute approximate surface area is 88.9 Å². The van der Waals surface area contributed by atoms with E-state index in [1.807, 2.05) is 24.2 Å². The van der Waals surface area contributed by atoms with Gasteiger partial charge < -0.3 is 5.32 Å². The average Bonchev–Trinajstić information content (AvgIpc) is 2.59. The Morgan fingerprint density at radius 2 is 2.15 bits per heavy atom. The molecular formula is C9H13ClN2S. The molecule has 1 aromatic rings. The SMILES string of the molecule is Cl.c1cc(S[C@H]2CCNC2)ccn1. The van der Waals surface area contributed by atoms with Crippen LogP contribution in [-0.4, -0.2) is 23.3 Å². The second kappa shape index (κ2) is 5.47. The highest BCUT2D eigenvalue weighted by atomic mass is 35.5. The first-order valence-electron chi connectivity index (χ1n) is 4.22. The van der Waals surface area contributed by atoms with Crippen molar-refractivity contribution in [2.75, 3.05) is 13.1 Å². The number of nitrogens with one attached hydrogen (secondary N) is 1. The Hall–Kier alpha value is -0.250. The van der Waals surface area contributed by atoms with Crippen LogP contribution >= 0.6 is 24.2 Å². The zero-order valence-corrected chi connectivity index (χ0v) is 8.90. The van der Waals surface area contributed by atoms with Crippen molar-refractivity contribution in [2.24, 2.45) is 0 Å². The summed E-state index contributed by atoms with van der Waals surface area (Å²) in [6.45, 7) is 2.32. The van der Waals surface area contributed by atoms with Gasteiger partial charge in [0.2, 0.25) is 0 Å². The Morgan fingerprint density at radius 3 is 2.77 bits per heavy atom. The first kappa shape index (κ1) is 10.8. The van der Waals surface area contributed by atoms with Crippen LogP contribution in [0, 0.1) is 0 Å². The van der Waals surface area contributed by atoms with E-state index in [1.54, 1.807) is 0 Å². The van der Waals surface area contributed by atoms with Crippen LogP contribution in [0.25, 0.3) is 0 Å². The topological polar surface area (TPSA) is 24.9 Å². The minimum Gasteiger partial charge on any atom is -0.316 e. The van der Waals surface area contributed by atoms with E-state index >= 15 is 0 Å². The van der Waals surface area contributed by atoms with Crippen LogP contribution in [0.4, 0.5) is 0 Å². The van der Waals surface area contributed by atoms with E-state index in [-0.39, 0.29) is 12.4 Å². The first-order chi connectivity index (χ1) is 5.95. The van der Waals surface area contributed by atoms with E-state index in [1.165, 1.54) is 17.9 Å².